The molecular formula is C12H10N2O3+2. The van der Waals surface area contributed by atoms with Gasteiger partial charge in [0, 0.05) is 27.7 Å². The van der Waals surface area contributed by atoms with Gasteiger partial charge < -0.3 is 5.11 Å². The number of aromatic hydroxyl groups is 1. The van der Waals surface area contributed by atoms with E-state index in [0.29, 0.717) is 16.6 Å². The van der Waals surface area contributed by atoms with Crippen LogP contribution < -0.4 is 9.46 Å². The van der Waals surface area contributed by atoms with Crippen LogP contribution in [0, 0.1) is 0 Å². The van der Waals surface area contributed by atoms with Crippen molar-refractivity contribution in [3.8, 4) is 5.75 Å². The molecule has 0 spiro atoms. The monoisotopic (exact) mass is 230 g/mol. The minimum absolute atomic E-state index is 0.0986. The Kier molecular flexibility index (Phi) is 1.82. The van der Waals surface area contributed by atoms with Gasteiger partial charge in [0.2, 0.25) is 5.75 Å². The maximum absolute atomic E-state index is 10.0. The number of phenolic OH excluding ortho intramolecular Hbond substituents is 1. The number of rotatable bonds is 0. The van der Waals surface area contributed by atoms with Crippen molar-refractivity contribution in [3.05, 3.63) is 42.5 Å². The van der Waals surface area contributed by atoms with Gasteiger partial charge in [0.1, 0.15) is 0 Å². The van der Waals surface area contributed by atoms with Gasteiger partial charge in [-0.3, -0.25) is 10.4 Å². The van der Waals surface area contributed by atoms with E-state index in [1.165, 1.54) is 6.07 Å². The van der Waals surface area contributed by atoms with E-state index in [-0.39, 0.29) is 11.3 Å². The highest BCUT2D eigenvalue weighted by molar-refractivity contribution is 5.79. The first kappa shape index (κ1) is 9.65. The highest BCUT2D eigenvalue weighted by atomic mass is 16.5. The average molecular weight is 230 g/mol. The molecule has 0 amide bonds. The molecule has 0 unspecified atom stereocenters. The molecule has 0 saturated heterocycles. The zero-order valence-electron chi connectivity index (χ0n) is 8.78. The maximum Gasteiger partial charge on any atom is 0.374 e. The van der Waals surface area contributed by atoms with Crippen LogP contribution in [0.4, 0.5) is 0 Å². The zero-order valence-corrected chi connectivity index (χ0v) is 8.78. The topological polar surface area (TPSA) is 68.5 Å². The summed E-state index contributed by atoms with van der Waals surface area (Å²) in [5, 5.41) is 29.8. The van der Waals surface area contributed by atoms with Crippen molar-refractivity contribution in [3.63, 3.8) is 0 Å². The molecule has 0 aliphatic heterocycles. The Morgan fingerprint density at radius 1 is 0.706 bits per heavy atom. The van der Waals surface area contributed by atoms with Crippen LogP contribution in [-0.2, 0) is 0 Å². The third-order valence-corrected chi connectivity index (χ3v) is 2.77. The second-order valence-electron chi connectivity index (χ2n) is 3.76. The van der Waals surface area contributed by atoms with E-state index in [1.54, 1.807) is 36.4 Å². The summed E-state index contributed by atoms with van der Waals surface area (Å²) in [5.74, 6) is -0.0986. The van der Waals surface area contributed by atoms with E-state index in [1.807, 2.05) is 0 Å². The average Bonchev–Trinajstić information content (AvgIpc) is 2.36. The standard InChI is InChI=1S/C12H9N2O3/c15-11-7-3-6-10-12(11)14(17)9-5-2-1-4-8(9)13(10)16/h1-7,16H,(H,15,17)/q+1/p+1. The van der Waals surface area contributed by atoms with Crippen molar-refractivity contribution in [2.24, 2.45) is 0 Å². The molecule has 3 aromatic rings. The van der Waals surface area contributed by atoms with Gasteiger partial charge in [-0.15, -0.1) is 0 Å². The van der Waals surface area contributed by atoms with Gasteiger partial charge in [-0.25, -0.2) is 0 Å². The van der Waals surface area contributed by atoms with Gasteiger partial charge in [0.25, 0.3) is 0 Å². The lowest BCUT2D eigenvalue weighted by Crippen LogP contribution is -2.42. The van der Waals surface area contributed by atoms with Crippen molar-refractivity contribution < 1.29 is 25.0 Å². The van der Waals surface area contributed by atoms with E-state index in [9.17, 15) is 15.5 Å². The molecule has 1 aromatic heterocycles. The van der Waals surface area contributed by atoms with Crippen LogP contribution in [-0.4, -0.2) is 15.5 Å². The Morgan fingerprint density at radius 3 is 2.00 bits per heavy atom. The molecule has 0 saturated carbocycles. The fourth-order valence-electron chi connectivity index (χ4n) is 1.98. The Bertz CT molecular complexity index is 740. The largest absolute Gasteiger partial charge is 0.502 e. The summed E-state index contributed by atoms with van der Waals surface area (Å²) in [6, 6.07) is 11.5. The predicted molar refractivity (Wildman–Crippen MR) is 57.9 cm³/mol. The molecule has 0 aliphatic rings. The number of fused-ring (bicyclic) bond motifs is 2. The fourth-order valence-corrected chi connectivity index (χ4v) is 1.98. The maximum atomic E-state index is 10.0. The number of benzene rings is 2. The predicted octanol–water partition coefficient (Wildman–Crippen LogP) is 0.748. The number of hydrogen-bond donors (Lipinski definition) is 3. The van der Waals surface area contributed by atoms with Crippen LogP contribution in [0.15, 0.2) is 42.5 Å². The summed E-state index contributed by atoms with van der Waals surface area (Å²) in [7, 11) is 0. The highest BCUT2D eigenvalue weighted by Gasteiger charge is 2.30. The van der Waals surface area contributed by atoms with Gasteiger partial charge in [0.15, 0.2) is 0 Å². The molecular weight excluding hydrogens is 220 g/mol. The molecule has 17 heavy (non-hydrogen) atoms. The minimum Gasteiger partial charge on any atom is -0.502 e. The lowest BCUT2D eigenvalue weighted by molar-refractivity contribution is -0.894. The second kappa shape index (κ2) is 3.21. The number of hydrogen-bond acceptors (Lipinski definition) is 3. The number of aromatic nitrogens is 2. The van der Waals surface area contributed by atoms with Gasteiger partial charge in [-0.2, -0.15) is 0 Å². The van der Waals surface area contributed by atoms with Crippen LogP contribution in [0.25, 0.3) is 22.1 Å². The third-order valence-electron chi connectivity index (χ3n) is 2.77. The Hall–Kier alpha value is -2.56. The highest BCUT2D eigenvalue weighted by Crippen LogP contribution is 2.19. The molecule has 0 radical (unpaired) electrons. The molecule has 5 heteroatoms. The number of phenols is 1. The first-order chi connectivity index (χ1) is 8.20. The molecule has 0 fully saturated rings. The number of nitrogens with zero attached hydrogens (tertiary/aromatic N) is 2. The zero-order chi connectivity index (χ0) is 12.0. The van der Waals surface area contributed by atoms with Crippen LogP contribution in [0.1, 0.15) is 0 Å². The van der Waals surface area contributed by atoms with Gasteiger partial charge in [0.05, 0.1) is 0 Å². The SMILES string of the molecule is Oc1cccc2c1[n+](O)c1ccccc1[n+]2O. The molecule has 3 rings (SSSR count). The second-order valence-corrected chi connectivity index (χ2v) is 3.76. The van der Waals surface area contributed by atoms with Crippen molar-refractivity contribution >= 4 is 22.1 Å². The summed E-state index contributed by atoms with van der Waals surface area (Å²) in [6.45, 7) is 0. The van der Waals surface area contributed by atoms with Crippen LogP contribution in [0.2, 0.25) is 0 Å². The molecule has 0 bridgehead atoms. The van der Waals surface area contributed by atoms with Crippen molar-refractivity contribution in [2.45, 2.75) is 0 Å². The first-order valence-corrected chi connectivity index (χ1v) is 5.09. The Morgan fingerprint density at radius 2 is 1.29 bits per heavy atom. The van der Waals surface area contributed by atoms with E-state index >= 15 is 0 Å². The summed E-state index contributed by atoms with van der Waals surface area (Å²) >= 11 is 0. The van der Waals surface area contributed by atoms with Crippen molar-refractivity contribution in [1.82, 2.24) is 0 Å². The quantitative estimate of drug-likeness (QED) is 0.303. The van der Waals surface area contributed by atoms with E-state index < -0.39 is 0 Å². The lowest BCUT2D eigenvalue weighted by atomic mass is 10.2. The lowest BCUT2D eigenvalue weighted by Gasteiger charge is -1.97. The molecule has 1 heterocycles. The summed E-state index contributed by atoms with van der Waals surface area (Å²) in [5.41, 5.74) is 1.34. The van der Waals surface area contributed by atoms with Crippen molar-refractivity contribution in [1.29, 1.82) is 0 Å². The van der Waals surface area contributed by atoms with E-state index in [2.05, 4.69) is 0 Å². The molecule has 0 aliphatic carbocycles. The third kappa shape index (κ3) is 1.19. The van der Waals surface area contributed by atoms with Gasteiger partial charge >= 0.3 is 22.1 Å². The number of para-hydroxylation sites is 3. The molecule has 2 aromatic carbocycles. The molecule has 84 valence electrons. The van der Waals surface area contributed by atoms with Gasteiger partial charge in [-0.1, -0.05) is 18.2 Å². The summed E-state index contributed by atoms with van der Waals surface area (Å²) < 4.78 is 1.81. The molecule has 0 atom stereocenters. The Labute approximate surface area is 95.9 Å². The van der Waals surface area contributed by atoms with Crippen LogP contribution in [0.3, 0.4) is 0 Å². The van der Waals surface area contributed by atoms with E-state index in [4.69, 9.17) is 0 Å². The fraction of sp³-hybridized carbons (Fsp3) is 0. The van der Waals surface area contributed by atoms with E-state index in [0.717, 1.165) is 9.46 Å². The van der Waals surface area contributed by atoms with Crippen LogP contribution in [0.5, 0.6) is 5.75 Å². The molecule has 3 N–H and O–H groups in total. The Balaban J connectivity index is 2.69. The van der Waals surface area contributed by atoms with Crippen LogP contribution >= 0.6 is 0 Å². The van der Waals surface area contributed by atoms with Crippen molar-refractivity contribution in [2.75, 3.05) is 0 Å². The normalized spacial score (nSPS) is 11.1. The summed E-state index contributed by atoms with van der Waals surface area (Å²) in [4.78, 5) is 0. The molecule has 5 nitrogen and oxygen atoms in total. The smallest absolute Gasteiger partial charge is 0.374 e. The minimum atomic E-state index is -0.0986. The summed E-state index contributed by atoms with van der Waals surface area (Å²) in [6.07, 6.45) is 0. The van der Waals surface area contributed by atoms with Gasteiger partial charge in [-0.05, 0) is 6.07 Å². The first-order valence-electron chi connectivity index (χ1n) is 5.09.